The molecule has 4 nitrogen and oxygen atoms in total. The third kappa shape index (κ3) is 3.93. The smallest absolute Gasteiger partial charge is 0.0750 e. The number of nitrogens with zero attached hydrogens (tertiary/aromatic N) is 2. The lowest BCUT2D eigenvalue weighted by molar-refractivity contribution is 0.0526. The van der Waals surface area contributed by atoms with Crippen LogP contribution in [0.15, 0.2) is 18.3 Å². The first kappa shape index (κ1) is 15.3. The third-order valence-corrected chi connectivity index (χ3v) is 3.87. The van der Waals surface area contributed by atoms with Crippen LogP contribution in [0.5, 0.6) is 0 Å². The van der Waals surface area contributed by atoms with Crippen molar-refractivity contribution in [3.8, 4) is 0 Å². The standard InChI is InChI=1S/C16H27N3O/c1-4-17-13(3)16-9-8-14(11-18-16)19-10-6-7-15(12-19)20-5-2/h8-9,11,13,15,17H,4-7,10,12H2,1-3H3. The average molecular weight is 277 g/mol. The Morgan fingerprint density at radius 3 is 2.95 bits per heavy atom. The molecule has 2 heterocycles. The van der Waals surface area contributed by atoms with E-state index in [4.69, 9.17) is 4.74 Å². The summed E-state index contributed by atoms with van der Waals surface area (Å²) in [7, 11) is 0. The van der Waals surface area contributed by atoms with Crippen LogP contribution in [0.3, 0.4) is 0 Å². The van der Waals surface area contributed by atoms with Gasteiger partial charge in [-0.25, -0.2) is 0 Å². The molecule has 2 unspecified atom stereocenters. The van der Waals surface area contributed by atoms with Gasteiger partial charge in [0.1, 0.15) is 0 Å². The molecular weight excluding hydrogens is 250 g/mol. The van der Waals surface area contributed by atoms with Crippen molar-refractivity contribution in [3.63, 3.8) is 0 Å². The van der Waals surface area contributed by atoms with Crippen molar-refractivity contribution in [2.45, 2.75) is 45.8 Å². The number of aromatic nitrogens is 1. The predicted octanol–water partition coefficient (Wildman–Crippen LogP) is 2.76. The lowest BCUT2D eigenvalue weighted by atomic mass is 10.1. The molecule has 0 bridgehead atoms. The molecule has 112 valence electrons. The van der Waals surface area contributed by atoms with E-state index in [1.165, 1.54) is 18.5 Å². The third-order valence-electron chi connectivity index (χ3n) is 3.87. The van der Waals surface area contributed by atoms with Crippen LogP contribution in [0.25, 0.3) is 0 Å². The maximum absolute atomic E-state index is 5.76. The van der Waals surface area contributed by atoms with E-state index in [1.54, 1.807) is 0 Å². The summed E-state index contributed by atoms with van der Waals surface area (Å²) in [6, 6.07) is 4.63. The molecule has 0 radical (unpaired) electrons. The number of ether oxygens (including phenoxy) is 1. The van der Waals surface area contributed by atoms with Crippen molar-refractivity contribution in [3.05, 3.63) is 24.0 Å². The highest BCUT2D eigenvalue weighted by Gasteiger charge is 2.20. The second-order valence-corrected chi connectivity index (χ2v) is 5.39. The maximum atomic E-state index is 5.76. The molecule has 1 aliphatic heterocycles. The Morgan fingerprint density at radius 2 is 2.30 bits per heavy atom. The summed E-state index contributed by atoms with van der Waals surface area (Å²) in [5.74, 6) is 0. The van der Waals surface area contributed by atoms with Gasteiger partial charge in [-0.05, 0) is 45.4 Å². The SMILES string of the molecule is CCNC(C)c1ccc(N2CCCC(OCC)C2)cn1. The van der Waals surface area contributed by atoms with Gasteiger partial charge < -0.3 is 15.0 Å². The van der Waals surface area contributed by atoms with Crippen molar-refractivity contribution in [1.29, 1.82) is 0 Å². The molecule has 1 N–H and O–H groups in total. The quantitative estimate of drug-likeness (QED) is 0.867. The number of anilines is 1. The van der Waals surface area contributed by atoms with Gasteiger partial charge in [0, 0.05) is 25.7 Å². The van der Waals surface area contributed by atoms with Gasteiger partial charge in [-0.1, -0.05) is 6.92 Å². The van der Waals surface area contributed by atoms with Crippen LogP contribution < -0.4 is 10.2 Å². The summed E-state index contributed by atoms with van der Waals surface area (Å²) >= 11 is 0. The van der Waals surface area contributed by atoms with E-state index in [0.29, 0.717) is 12.1 Å². The zero-order valence-electron chi connectivity index (χ0n) is 12.9. The van der Waals surface area contributed by atoms with Crippen molar-refractivity contribution in [2.75, 3.05) is 31.1 Å². The van der Waals surface area contributed by atoms with Gasteiger partial charge in [0.2, 0.25) is 0 Å². The molecule has 0 saturated carbocycles. The Kier molecular flexibility index (Phi) is 5.80. The summed E-state index contributed by atoms with van der Waals surface area (Å²) < 4.78 is 5.76. The maximum Gasteiger partial charge on any atom is 0.0750 e. The van der Waals surface area contributed by atoms with Crippen LogP contribution in [0, 0.1) is 0 Å². The molecule has 1 aliphatic rings. The molecule has 0 aliphatic carbocycles. The molecule has 0 amide bonds. The minimum absolute atomic E-state index is 0.312. The molecule has 1 fully saturated rings. The van der Waals surface area contributed by atoms with Crippen molar-refractivity contribution in [1.82, 2.24) is 10.3 Å². The zero-order chi connectivity index (χ0) is 14.4. The molecule has 20 heavy (non-hydrogen) atoms. The Balaban J connectivity index is 1.98. The van der Waals surface area contributed by atoms with Gasteiger partial charge in [-0.2, -0.15) is 0 Å². The summed E-state index contributed by atoms with van der Waals surface area (Å²) in [5, 5.41) is 3.39. The van der Waals surface area contributed by atoms with E-state index in [2.05, 4.69) is 48.1 Å². The fourth-order valence-electron chi connectivity index (χ4n) is 2.80. The molecular formula is C16H27N3O. The van der Waals surface area contributed by atoms with Gasteiger partial charge >= 0.3 is 0 Å². The summed E-state index contributed by atoms with van der Waals surface area (Å²) in [4.78, 5) is 6.99. The number of piperidine rings is 1. The van der Waals surface area contributed by atoms with Gasteiger partial charge in [0.15, 0.2) is 0 Å². The number of hydrogen-bond donors (Lipinski definition) is 1. The molecule has 2 atom stereocenters. The Hall–Kier alpha value is -1.13. The fraction of sp³-hybridized carbons (Fsp3) is 0.688. The highest BCUT2D eigenvalue weighted by atomic mass is 16.5. The first-order chi connectivity index (χ1) is 9.74. The van der Waals surface area contributed by atoms with Gasteiger partial charge in [-0.15, -0.1) is 0 Å². The Labute approximate surface area is 122 Å². The van der Waals surface area contributed by atoms with E-state index >= 15 is 0 Å². The van der Waals surface area contributed by atoms with E-state index in [9.17, 15) is 0 Å². The van der Waals surface area contributed by atoms with Gasteiger partial charge in [0.25, 0.3) is 0 Å². The largest absolute Gasteiger partial charge is 0.377 e. The summed E-state index contributed by atoms with van der Waals surface area (Å²) in [6.07, 6.45) is 4.74. The molecule has 1 aromatic rings. The van der Waals surface area contributed by atoms with E-state index in [-0.39, 0.29) is 0 Å². The van der Waals surface area contributed by atoms with Crippen molar-refractivity contribution in [2.24, 2.45) is 0 Å². The monoisotopic (exact) mass is 277 g/mol. The van der Waals surface area contributed by atoms with Crippen LogP contribution in [0.1, 0.15) is 45.3 Å². The van der Waals surface area contributed by atoms with E-state index < -0.39 is 0 Å². The highest BCUT2D eigenvalue weighted by Crippen LogP contribution is 2.22. The fourth-order valence-corrected chi connectivity index (χ4v) is 2.80. The summed E-state index contributed by atoms with van der Waals surface area (Å²) in [6.45, 7) is 10.2. The molecule has 4 heteroatoms. The molecule has 0 aromatic carbocycles. The number of hydrogen-bond acceptors (Lipinski definition) is 4. The van der Waals surface area contributed by atoms with Crippen LogP contribution in [-0.4, -0.2) is 37.3 Å². The van der Waals surface area contributed by atoms with E-state index in [0.717, 1.165) is 31.9 Å². The minimum Gasteiger partial charge on any atom is -0.377 e. The lowest BCUT2D eigenvalue weighted by Crippen LogP contribution is -2.39. The Bertz CT molecular complexity index is 391. The Morgan fingerprint density at radius 1 is 1.45 bits per heavy atom. The first-order valence-electron chi connectivity index (χ1n) is 7.80. The summed E-state index contributed by atoms with van der Waals surface area (Å²) in [5.41, 5.74) is 2.32. The van der Waals surface area contributed by atoms with Crippen LogP contribution in [-0.2, 0) is 4.74 Å². The molecule has 2 rings (SSSR count). The zero-order valence-corrected chi connectivity index (χ0v) is 12.9. The van der Waals surface area contributed by atoms with Crippen LogP contribution >= 0.6 is 0 Å². The van der Waals surface area contributed by atoms with Crippen LogP contribution in [0.4, 0.5) is 5.69 Å². The molecule has 0 spiro atoms. The topological polar surface area (TPSA) is 37.4 Å². The van der Waals surface area contributed by atoms with Gasteiger partial charge in [0.05, 0.1) is 23.7 Å². The first-order valence-corrected chi connectivity index (χ1v) is 7.80. The average Bonchev–Trinajstić information content (AvgIpc) is 2.48. The number of rotatable bonds is 6. The predicted molar refractivity (Wildman–Crippen MR) is 83.2 cm³/mol. The van der Waals surface area contributed by atoms with Crippen molar-refractivity contribution < 1.29 is 4.74 Å². The molecule has 1 aromatic heterocycles. The van der Waals surface area contributed by atoms with Gasteiger partial charge in [-0.3, -0.25) is 4.98 Å². The second kappa shape index (κ2) is 7.60. The molecule has 1 saturated heterocycles. The second-order valence-electron chi connectivity index (χ2n) is 5.39. The van der Waals surface area contributed by atoms with Crippen LogP contribution in [0.2, 0.25) is 0 Å². The number of nitrogens with one attached hydrogen (secondary N) is 1. The van der Waals surface area contributed by atoms with Crippen molar-refractivity contribution >= 4 is 5.69 Å². The highest BCUT2D eigenvalue weighted by molar-refractivity contribution is 5.45. The number of pyridine rings is 1. The normalized spacial score (nSPS) is 20.9. The van der Waals surface area contributed by atoms with E-state index in [1.807, 2.05) is 6.20 Å². The lowest BCUT2D eigenvalue weighted by Gasteiger charge is -2.34. The minimum atomic E-state index is 0.312.